The van der Waals surface area contributed by atoms with Gasteiger partial charge in [0.1, 0.15) is 0 Å². The van der Waals surface area contributed by atoms with Gasteiger partial charge in [-0.25, -0.2) is 0 Å². The molecule has 1 fully saturated rings. The fraction of sp³-hybridized carbons (Fsp3) is 1.00. The van der Waals surface area contributed by atoms with E-state index in [0.29, 0.717) is 5.41 Å². The zero-order chi connectivity index (χ0) is 15.2. The van der Waals surface area contributed by atoms with Crippen LogP contribution in [0, 0.1) is 11.3 Å². The molecule has 1 aliphatic rings. The van der Waals surface area contributed by atoms with Gasteiger partial charge in [0.2, 0.25) is 0 Å². The Morgan fingerprint density at radius 3 is 2.30 bits per heavy atom. The number of rotatable bonds is 8. The third-order valence-electron chi connectivity index (χ3n) is 4.85. The molecule has 0 aromatic carbocycles. The molecule has 3 heteroatoms. The van der Waals surface area contributed by atoms with Crippen molar-refractivity contribution < 1.29 is 0 Å². The van der Waals surface area contributed by atoms with Gasteiger partial charge in [0.25, 0.3) is 0 Å². The molecule has 1 atom stereocenters. The molecule has 120 valence electrons. The third-order valence-corrected chi connectivity index (χ3v) is 4.85. The van der Waals surface area contributed by atoms with E-state index >= 15 is 0 Å². The van der Waals surface area contributed by atoms with Crippen LogP contribution >= 0.6 is 0 Å². The summed E-state index contributed by atoms with van der Waals surface area (Å²) in [6.07, 6.45) is 3.91. The quantitative estimate of drug-likeness (QED) is 0.739. The molecule has 3 nitrogen and oxygen atoms in total. The highest BCUT2D eigenvalue weighted by molar-refractivity contribution is 4.84. The SMILES string of the molecule is CCC(C)(CNCC(C)C)CN1CCC(N(C)C)CC1. The molecule has 1 rings (SSSR count). The van der Waals surface area contributed by atoms with Gasteiger partial charge in [0, 0.05) is 19.1 Å². The van der Waals surface area contributed by atoms with Gasteiger partial charge in [0.15, 0.2) is 0 Å². The number of hydrogen-bond acceptors (Lipinski definition) is 3. The Balaban J connectivity index is 2.36. The summed E-state index contributed by atoms with van der Waals surface area (Å²) in [5, 5.41) is 3.66. The van der Waals surface area contributed by atoms with Crippen LogP contribution in [-0.2, 0) is 0 Å². The lowest BCUT2D eigenvalue weighted by atomic mass is 9.85. The van der Waals surface area contributed by atoms with Crippen LogP contribution in [0.4, 0.5) is 0 Å². The molecule has 1 unspecified atom stereocenters. The maximum atomic E-state index is 3.66. The van der Waals surface area contributed by atoms with Crippen LogP contribution in [0.3, 0.4) is 0 Å². The Hall–Kier alpha value is -0.120. The van der Waals surface area contributed by atoms with E-state index in [1.54, 1.807) is 0 Å². The average molecular weight is 284 g/mol. The first kappa shape index (κ1) is 17.9. The van der Waals surface area contributed by atoms with Crippen molar-refractivity contribution in [2.75, 3.05) is 46.8 Å². The highest BCUT2D eigenvalue weighted by atomic mass is 15.2. The first-order chi connectivity index (χ1) is 9.36. The van der Waals surface area contributed by atoms with Gasteiger partial charge in [-0.05, 0) is 64.3 Å². The highest BCUT2D eigenvalue weighted by Crippen LogP contribution is 2.24. The van der Waals surface area contributed by atoms with Gasteiger partial charge in [-0.3, -0.25) is 0 Å². The predicted molar refractivity (Wildman–Crippen MR) is 89.3 cm³/mol. The number of likely N-dealkylation sites (tertiary alicyclic amines) is 1. The summed E-state index contributed by atoms with van der Waals surface area (Å²) >= 11 is 0. The van der Waals surface area contributed by atoms with E-state index in [9.17, 15) is 0 Å². The molecule has 0 aromatic heterocycles. The first-order valence-corrected chi connectivity index (χ1v) is 8.46. The summed E-state index contributed by atoms with van der Waals surface area (Å²) in [7, 11) is 4.43. The highest BCUT2D eigenvalue weighted by Gasteiger charge is 2.28. The Bertz CT molecular complexity index is 257. The molecule has 0 aliphatic carbocycles. The normalized spacial score (nSPS) is 21.6. The van der Waals surface area contributed by atoms with Crippen LogP contribution in [0.15, 0.2) is 0 Å². The Morgan fingerprint density at radius 1 is 1.25 bits per heavy atom. The fourth-order valence-electron chi connectivity index (χ4n) is 3.09. The molecule has 0 aromatic rings. The second-order valence-corrected chi connectivity index (χ2v) is 7.66. The van der Waals surface area contributed by atoms with Gasteiger partial charge in [-0.1, -0.05) is 27.7 Å². The zero-order valence-electron chi connectivity index (χ0n) is 14.7. The lowest BCUT2D eigenvalue weighted by molar-refractivity contribution is 0.0977. The van der Waals surface area contributed by atoms with Gasteiger partial charge in [0.05, 0.1) is 0 Å². The molecule has 0 spiro atoms. The number of nitrogens with one attached hydrogen (secondary N) is 1. The molecule has 0 bridgehead atoms. The largest absolute Gasteiger partial charge is 0.316 e. The number of hydrogen-bond donors (Lipinski definition) is 1. The van der Waals surface area contributed by atoms with Gasteiger partial charge >= 0.3 is 0 Å². The molecule has 1 heterocycles. The van der Waals surface area contributed by atoms with Crippen LogP contribution in [0.5, 0.6) is 0 Å². The average Bonchev–Trinajstić information content (AvgIpc) is 2.39. The topological polar surface area (TPSA) is 18.5 Å². The van der Waals surface area contributed by atoms with E-state index in [1.165, 1.54) is 38.9 Å². The van der Waals surface area contributed by atoms with Crippen LogP contribution in [0.2, 0.25) is 0 Å². The van der Waals surface area contributed by atoms with Gasteiger partial charge in [-0.2, -0.15) is 0 Å². The molecule has 1 N–H and O–H groups in total. The van der Waals surface area contributed by atoms with E-state index in [4.69, 9.17) is 0 Å². The Labute approximate surface area is 127 Å². The van der Waals surface area contributed by atoms with Gasteiger partial charge in [-0.15, -0.1) is 0 Å². The molecular formula is C17H37N3. The van der Waals surface area contributed by atoms with E-state index in [-0.39, 0.29) is 0 Å². The second kappa shape index (κ2) is 8.35. The summed E-state index contributed by atoms with van der Waals surface area (Å²) in [4.78, 5) is 5.07. The summed E-state index contributed by atoms with van der Waals surface area (Å²) in [5.74, 6) is 0.743. The molecule has 20 heavy (non-hydrogen) atoms. The summed E-state index contributed by atoms with van der Waals surface area (Å²) < 4.78 is 0. The molecule has 0 saturated carbocycles. The van der Waals surface area contributed by atoms with Crippen molar-refractivity contribution in [1.82, 2.24) is 15.1 Å². The summed E-state index contributed by atoms with van der Waals surface area (Å²) in [5.41, 5.74) is 0.417. The van der Waals surface area contributed by atoms with E-state index in [0.717, 1.165) is 25.0 Å². The maximum absolute atomic E-state index is 3.66. The number of nitrogens with zero attached hydrogens (tertiary/aromatic N) is 2. The van der Waals surface area contributed by atoms with Crippen LogP contribution < -0.4 is 5.32 Å². The van der Waals surface area contributed by atoms with E-state index in [1.807, 2.05) is 0 Å². The smallest absolute Gasteiger partial charge is 0.0113 e. The van der Waals surface area contributed by atoms with Crippen LogP contribution in [0.1, 0.15) is 47.0 Å². The predicted octanol–water partition coefficient (Wildman–Crippen LogP) is 2.67. The molecule has 1 saturated heterocycles. The monoisotopic (exact) mass is 283 g/mol. The maximum Gasteiger partial charge on any atom is 0.0113 e. The third kappa shape index (κ3) is 6.11. The molecular weight excluding hydrogens is 246 g/mol. The Kier molecular flexibility index (Phi) is 7.49. The standard InChI is InChI=1S/C17H37N3/c1-7-17(4,13-18-12-15(2)3)14-20-10-8-16(9-11-20)19(5)6/h15-16,18H,7-14H2,1-6H3. The first-order valence-electron chi connectivity index (χ1n) is 8.46. The Morgan fingerprint density at radius 2 is 1.85 bits per heavy atom. The zero-order valence-corrected chi connectivity index (χ0v) is 14.7. The summed E-state index contributed by atoms with van der Waals surface area (Å²) in [6.45, 7) is 15.4. The lowest BCUT2D eigenvalue weighted by Crippen LogP contribution is -2.48. The molecule has 1 aliphatic heterocycles. The van der Waals surface area contributed by atoms with Crippen molar-refractivity contribution in [1.29, 1.82) is 0 Å². The van der Waals surface area contributed by atoms with Crippen molar-refractivity contribution in [3.05, 3.63) is 0 Å². The van der Waals surface area contributed by atoms with E-state index in [2.05, 4.69) is 56.9 Å². The lowest BCUT2D eigenvalue weighted by Gasteiger charge is -2.40. The van der Waals surface area contributed by atoms with Crippen molar-refractivity contribution in [3.63, 3.8) is 0 Å². The minimum atomic E-state index is 0.417. The van der Waals surface area contributed by atoms with Crippen LogP contribution in [-0.4, -0.2) is 62.7 Å². The molecule has 0 amide bonds. The minimum absolute atomic E-state index is 0.417. The number of piperidine rings is 1. The van der Waals surface area contributed by atoms with Crippen molar-refractivity contribution in [2.24, 2.45) is 11.3 Å². The fourth-order valence-corrected chi connectivity index (χ4v) is 3.09. The molecule has 0 radical (unpaired) electrons. The van der Waals surface area contributed by atoms with Crippen LogP contribution in [0.25, 0.3) is 0 Å². The van der Waals surface area contributed by atoms with E-state index < -0.39 is 0 Å². The van der Waals surface area contributed by atoms with Crippen molar-refractivity contribution in [3.8, 4) is 0 Å². The second-order valence-electron chi connectivity index (χ2n) is 7.66. The minimum Gasteiger partial charge on any atom is -0.316 e. The summed E-state index contributed by atoms with van der Waals surface area (Å²) in [6, 6.07) is 0.790. The van der Waals surface area contributed by atoms with Crippen molar-refractivity contribution in [2.45, 2.75) is 53.0 Å². The van der Waals surface area contributed by atoms with Gasteiger partial charge < -0.3 is 15.1 Å². The van der Waals surface area contributed by atoms with Crippen molar-refractivity contribution >= 4 is 0 Å².